The van der Waals surface area contributed by atoms with Crippen LogP contribution in [0.15, 0.2) is 51.7 Å². The molecular weight excluding hydrogens is 493 g/mol. The molecular formula is C19H28IN3O2S2. The Balaban J connectivity index is 0.00000364. The first-order valence-electron chi connectivity index (χ1n) is 8.57. The van der Waals surface area contributed by atoms with Gasteiger partial charge in [-0.25, -0.2) is 13.4 Å². The van der Waals surface area contributed by atoms with Gasteiger partial charge in [-0.15, -0.1) is 35.3 Å². The van der Waals surface area contributed by atoms with Crippen molar-refractivity contribution in [1.82, 2.24) is 10.6 Å². The molecule has 1 aromatic heterocycles. The summed E-state index contributed by atoms with van der Waals surface area (Å²) in [6, 6.07) is 11.1. The fourth-order valence-electron chi connectivity index (χ4n) is 2.41. The van der Waals surface area contributed by atoms with Gasteiger partial charge >= 0.3 is 0 Å². The number of hydrogen-bond acceptors (Lipinski definition) is 4. The van der Waals surface area contributed by atoms with Crippen molar-refractivity contribution in [3.8, 4) is 0 Å². The second-order valence-electron chi connectivity index (χ2n) is 6.83. The molecule has 150 valence electrons. The van der Waals surface area contributed by atoms with Gasteiger partial charge in [0.2, 0.25) is 0 Å². The molecule has 0 saturated heterocycles. The van der Waals surface area contributed by atoms with Crippen LogP contribution in [0, 0.1) is 0 Å². The Labute approximate surface area is 183 Å². The normalized spacial score (nSPS) is 12.4. The SMILES string of the molecule is CCNC(=NCc1ccc(S(C)(=O)=O)cc1)NCC(C)(C)c1cccs1.I. The zero-order chi connectivity index (χ0) is 19.2. The number of nitrogens with zero attached hydrogens (tertiary/aromatic N) is 1. The number of halogens is 1. The van der Waals surface area contributed by atoms with Crippen LogP contribution in [0.2, 0.25) is 0 Å². The standard InChI is InChI=1S/C19H27N3O2S2.HI/c1-5-20-18(22-14-19(2,3)17-7-6-12-25-17)21-13-15-8-10-16(11-9-15)26(4,23)24;/h6-12H,5,13-14H2,1-4H3,(H2,20,21,22);1H. The summed E-state index contributed by atoms with van der Waals surface area (Å²) in [7, 11) is -3.17. The molecule has 2 rings (SSSR count). The van der Waals surface area contributed by atoms with Gasteiger partial charge in [-0.3, -0.25) is 0 Å². The van der Waals surface area contributed by atoms with Crippen LogP contribution >= 0.6 is 35.3 Å². The highest BCUT2D eigenvalue weighted by atomic mass is 127. The molecule has 0 amide bonds. The van der Waals surface area contributed by atoms with Crippen molar-refractivity contribution in [2.75, 3.05) is 19.3 Å². The minimum Gasteiger partial charge on any atom is -0.357 e. The number of rotatable bonds is 7. The van der Waals surface area contributed by atoms with Crippen molar-refractivity contribution in [3.05, 3.63) is 52.2 Å². The Morgan fingerprint density at radius 3 is 2.33 bits per heavy atom. The Kier molecular flexibility index (Phi) is 9.23. The third-order valence-corrected chi connectivity index (χ3v) is 6.37. The lowest BCUT2D eigenvalue weighted by Crippen LogP contribution is -2.43. The molecule has 1 aromatic carbocycles. The molecule has 27 heavy (non-hydrogen) atoms. The number of guanidine groups is 1. The van der Waals surface area contributed by atoms with Crippen molar-refractivity contribution in [1.29, 1.82) is 0 Å². The smallest absolute Gasteiger partial charge is 0.191 e. The van der Waals surface area contributed by atoms with E-state index in [4.69, 9.17) is 0 Å². The third-order valence-electron chi connectivity index (χ3n) is 4.00. The topological polar surface area (TPSA) is 70.6 Å². The van der Waals surface area contributed by atoms with Crippen molar-refractivity contribution in [3.63, 3.8) is 0 Å². The van der Waals surface area contributed by atoms with E-state index < -0.39 is 9.84 Å². The van der Waals surface area contributed by atoms with E-state index in [1.807, 2.05) is 6.92 Å². The van der Waals surface area contributed by atoms with Gasteiger partial charge in [-0.05, 0) is 36.1 Å². The molecule has 0 aliphatic carbocycles. The number of aliphatic imine (C=N–C) groups is 1. The Hall–Kier alpha value is -1.13. The minimum atomic E-state index is -3.17. The van der Waals surface area contributed by atoms with Gasteiger partial charge in [0.1, 0.15) is 0 Å². The molecule has 2 aromatic rings. The summed E-state index contributed by atoms with van der Waals surface area (Å²) < 4.78 is 23.1. The molecule has 1 heterocycles. The molecule has 5 nitrogen and oxygen atoms in total. The van der Waals surface area contributed by atoms with Crippen molar-refractivity contribution < 1.29 is 8.42 Å². The van der Waals surface area contributed by atoms with E-state index in [2.05, 4.69) is 47.0 Å². The van der Waals surface area contributed by atoms with Crippen molar-refractivity contribution in [2.45, 2.75) is 37.6 Å². The van der Waals surface area contributed by atoms with E-state index in [0.717, 1.165) is 24.6 Å². The van der Waals surface area contributed by atoms with Crippen LogP contribution < -0.4 is 10.6 Å². The number of hydrogen-bond donors (Lipinski definition) is 2. The molecule has 0 fully saturated rings. The summed E-state index contributed by atoms with van der Waals surface area (Å²) >= 11 is 1.76. The second kappa shape index (κ2) is 10.4. The zero-order valence-corrected chi connectivity index (χ0v) is 20.1. The molecule has 0 aliphatic rings. The summed E-state index contributed by atoms with van der Waals surface area (Å²) in [6.45, 7) is 8.48. The van der Waals surface area contributed by atoms with E-state index in [-0.39, 0.29) is 29.4 Å². The van der Waals surface area contributed by atoms with E-state index in [9.17, 15) is 8.42 Å². The third kappa shape index (κ3) is 7.42. The first-order chi connectivity index (χ1) is 12.2. The highest BCUT2D eigenvalue weighted by molar-refractivity contribution is 14.0. The molecule has 0 aliphatic heterocycles. The Morgan fingerprint density at radius 1 is 1.15 bits per heavy atom. The lowest BCUT2D eigenvalue weighted by atomic mass is 9.91. The lowest BCUT2D eigenvalue weighted by Gasteiger charge is -2.25. The van der Waals surface area contributed by atoms with Gasteiger partial charge in [0.15, 0.2) is 15.8 Å². The monoisotopic (exact) mass is 521 g/mol. The number of sulfone groups is 1. The number of thiophene rings is 1. The highest BCUT2D eigenvalue weighted by Crippen LogP contribution is 2.26. The molecule has 8 heteroatoms. The maximum Gasteiger partial charge on any atom is 0.191 e. The molecule has 0 atom stereocenters. The van der Waals surface area contributed by atoms with Gasteiger partial charge < -0.3 is 10.6 Å². The molecule has 0 bridgehead atoms. The van der Waals surface area contributed by atoms with E-state index >= 15 is 0 Å². The zero-order valence-electron chi connectivity index (χ0n) is 16.2. The predicted octanol–water partition coefficient (Wildman–Crippen LogP) is 3.80. The fourth-order valence-corrected chi connectivity index (χ4v) is 3.89. The van der Waals surface area contributed by atoms with Crippen LogP contribution in [0.3, 0.4) is 0 Å². The van der Waals surface area contributed by atoms with Crippen LogP contribution in [0.25, 0.3) is 0 Å². The van der Waals surface area contributed by atoms with Gasteiger partial charge in [0, 0.05) is 29.6 Å². The quantitative estimate of drug-likeness (QED) is 0.331. The van der Waals surface area contributed by atoms with Crippen LogP contribution in [-0.2, 0) is 21.8 Å². The summed E-state index contributed by atoms with van der Waals surface area (Å²) in [5.74, 6) is 0.754. The number of benzene rings is 1. The van der Waals surface area contributed by atoms with Crippen LogP contribution in [0.5, 0.6) is 0 Å². The van der Waals surface area contributed by atoms with Gasteiger partial charge in [-0.1, -0.05) is 32.0 Å². The summed E-state index contributed by atoms with van der Waals surface area (Å²) in [5, 5.41) is 8.75. The summed E-state index contributed by atoms with van der Waals surface area (Å²) in [6.07, 6.45) is 1.21. The molecule has 2 N–H and O–H groups in total. The Morgan fingerprint density at radius 2 is 1.81 bits per heavy atom. The van der Waals surface area contributed by atoms with Crippen molar-refractivity contribution >= 4 is 51.1 Å². The van der Waals surface area contributed by atoms with Gasteiger partial charge in [0.05, 0.1) is 11.4 Å². The maximum atomic E-state index is 11.5. The minimum absolute atomic E-state index is 0. The molecule has 0 saturated carbocycles. The highest BCUT2D eigenvalue weighted by Gasteiger charge is 2.21. The van der Waals surface area contributed by atoms with Gasteiger partial charge in [0.25, 0.3) is 0 Å². The Bertz CT molecular complexity index is 830. The largest absolute Gasteiger partial charge is 0.357 e. The van der Waals surface area contributed by atoms with E-state index in [1.54, 1.807) is 35.6 Å². The van der Waals surface area contributed by atoms with Crippen LogP contribution in [0.1, 0.15) is 31.2 Å². The predicted molar refractivity (Wildman–Crippen MR) is 125 cm³/mol. The van der Waals surface area contributed by atoms with E-state index in [0.29, 0.717) is 11.4 Å². The van der Waals surface area contributed by atoms with E-state index in [1.165, 1.54) is 11.1 Å². The molecule has 0 radical (unpaired) electrons. The lowest BCUT2D eigenvalue weighted by molar-refractivity contribution is 0.518. The first-order valence-corrected chi connectivity index (χ1v) is 11.3. The fraction of sp³-hybridized carbons (Fsp3) is 0.421. The maximum absolute atomic E-state index is 11.5. The molecule has 0 unspecified atom stereocenters. The average molecular weight is 521 g/mol. The van der Waals surface area contributed by atoms with Crippen LogP contribution in [0.4, 0.5) is 0 Å². The number of nitrogens with one attached hydrogen (secondary N) is 2. The summed E-state index contributed by atoms with van der Waals surface area (Å²) in [5.41, 5.74) is 0.980. The summed E-state index contributed by atoms with van der Waals surface area (Å²) in [4.78, 5) is 6.27. The second-order valence-corrected chi connectivity index (χ2v) is 9.79. The average Bonchev–Trinajstić information content (AvgIpc) is 3.12. The first kappa shape index (κ1) is 23.9. The van der Waals surface area contributed by atoms with Crippen LogP contribution in [-0.4, -0.2) is 33.7 Å². The van der Waals surface area contributed by atoms with Crippen molar-refractivity contribution in [2.24, 2.45) is 4.99 Å². The van der Waals surface area contributed by atoms with Gasteiger partial charge in [-0.2, -0.15) is 0 Å². The molecule has 0 spiro atoms.